The fourth-order valence-corrected chi connectivity index (χ4v) is 1.67. The number of carbonyl (C=O) groups is 1. The molecule has 0 aliphatic rings. The summed E-state index contributed by atoms with van der Waals surface area (Å²) >= 11 is 0. The van der Waals surface area contributed by atoms with Crippen LogP contribution in [0.1, 0.15) is 12.6 Å². The van der Waals surface area contributed by atoms with Gasteiger partial charge in [0.1, 0.15) is 5.75 Å². The molecule has 106 valence electrons. The van der Waals surface area contributed by atoms with Crippen molar-refractivity contribution in [2.45, 2.75) is 19.5 Å². The first-order valence-corrected chi connectivity index (χ1v) is 6.32. The molecule has 0 aliphatic carbocycles. The first-order valence-electron chi connectivity index (χ1n) is 6.32. The van der Waals surface area contributed by atoms with E-state index < -0.39 is 6.04 Å². The molecular weight excluding hydrogens is 256 g/mol. The molecule has 2 aromatic rings. The molecule has 0 saturated carbocycles. The van der Waals surface area contributed by atoms with Gasteiger partial charge in [-0.3, -0.25) is 4.79 Å². The van der Waals surface area contributed by atoms with E-state index in [0.717, 1.165) is 17.1 Å². The van der Waals surface area contributed by atoms with Gasteiger partial charge in [-0.25, -0.2) is 4.68 Å². The van der Waals surface area contributed by atoms with Gasteiger partial charge in [0, 0.05) is 6.20 Å². The van der Waals surface area contributed by atoms with E-state index in [1.807, 2.05) is 36.5 Å². The zero-order chi connectivity index (χ0) is 14.5. The summed E-state index contributed by atoms with van der Waals surface area (Å²) in [4.78, 5) is 11.4. The van der Waals surface area contributed by atoms with E-state index in [9.17, 15) is 4.79 Å². The third-order valence-corrected chi connectivity index (χ3v) is 2.84. The third kappa shape index (κ3) is 3.36. The van der Waals surface area contributed by atoms with Gasteiger partial charge in [-0.1, -0.05) is 0 Å². The summed E-state index contributed by atoms with van der Waals surface area (Å²) in [5, 5.41) is 7.11. The molecule has 1 aromatic carbocycles. The van der Waals surface area contributed by atoms with Gasteiger partial charge in [0.15, 0.2) is 0 Å². The molecule has 2 rings (SSSR count). The second-order valence-corrected chi connectivity index (χ2v) is 4.46. The van der Waals surface area contributed by atoms with Crippen molar-refractivity contribution in [2.24, 2.45) is 5.73 Å². The lowest BCUT2D eigenvalue weighted by Gasteiger charge is -2.06. The van der Waals surface area contributed by atoms with Crippen molar-refractivity contribution in [2.75, 3.05) is 7.11 Å². The fraction of sp³-hybridized carbons (Fsp3) is 0.286. The molecule has 1 amide bonds. The highest BCUT2D eigenvalue weighted by Crippen LogP contribution is 2.14. The number of ether oxygens (including phenoxy) is 1. The molecule has 1 atom stereocenters. The van der Waals surface area contributed by atoms with E-state index in [-0.39, 0.29) is 5.91 Å². The lowest BCUT2D eigenvalue weighted by molar-refractivity contribution is -0.122. The average molecular weight is 274 g/mol. The Balaban J connectivity index is 2.02. The van der Waals surface area contributed by atoms with Crippen molar-refractivity contribution in [3.8, 4) is 11.4 Å². The lowest BCUT2D eigenvalue weighted by Crippen LogP contribution is -2.37. The predicted octanol–water partition coefficient (Wildman–Crippen LogP) is 0.844. The Morgan fingerprint density at radius 1 is 1.40 bits per heavy atom. The molecule has 0 aliphatic heterocycles. The quantitative estimate of drug-likeness (QED) is 0.846. The van der Waals surface area contributed by atoms with Crippen LogP contribution in [-0.4, -0.2) is 28.8 Å². The van der Waals surface area contributed by atoms with E-state index >= 15 is 0 Å². The molecule has 0 radical (unpaired) electrons. The van der Waals surface area contributed by atoms with E-state index in [1.54, 1.807) is 18.7 Å². The Kier molecular flexibility index (Phi) is 4.37. The number of aromatic nitrogens is 2. The van der Waals surface area contributed by atoms with Crippen molar-refractivity contribution in [3.63, 3.8) is 0 Å². The predicted molar refractivity (Wildman–Crippen MR) is 75.6 cm³/mol. The smallest absolute Gasteiger partial charge is 0.236 e. The summed E-state index contributed by atoms with van der Waals surface area (Å²) < 4.78 is 6.85. The zero-order valence-electron chi connectivity index (χ0n) is 11.5. The molecular formula is C14H18N4O2. The molecule has 0 fully saturated rings. The van der Waals surface area contributed by atoms with Crippen molar-refractivity contribution in [1.29, 1.82) is 0 Å². The molecule has 0 saturated heterocycles. The molecule has 1 heterocycles. The van der Waals surface area contributed by atoms with E-state index in [0.29, 0.717) is 6.54 Å². The molecule has 1 aromatic heterocycles. The topological polar surface area (TPSA) is 82.2 Å². The number of nitrogens with one attached hydrogen (secondary N) is 1. The van der Waals surface area contributed by atoms with Gasteiger partial charge in [0.05, 0.1) is 31.1 Å². The van der Waals surface area contributed by atoms with Crippen LogP contribution >= 0.6 is 0 Å². The van der Waals surface area contributed by atoms with Crippen LogP contribution in [0, 0.1) is 0 Å². The van der Waals surface area contributed by atoms with Gasteiger partial charge in [-0.05, 0) is 37.3 Å². The van der Waals surface area contributed by atoms with Gasteiger partial charge < -0.3 is 15.8 Å². The molecule has 0 bridgehead atoms. The molecule has 3 N–H and O–H groups in total. The first-order chi connectivity index (χ1) is 9.60. The Morgan fingerprint density at radius 3 is 2.70 bits per heavy atom. The highest BCUT2D eigenvalue weighted by Gasteiger charge is 2.08. The number of hydrogen-bond acceptors (Lipinski definition) is 4. The summed E-state index contributed by atoms with van der Waals surface area (Å²) in [6.45, 7) is 2.01. The highest BCUT2D eigenvalue weighted by atomic mass is 16.5. The number of amides is 1. The highest BCUT2D eigenvalue weighted by molar-refractivity contribution is 5.80. The number of nitrogens with zero attached hydrogens (tertiary/aromatic N) is 2. The van der Waals surface area contributed by atoms with Gasteiger partial charge in [0.2, 0.25) is 5.91 Å². The Hall–Kier alpha value is -2.34. The second-order valence-electron chi connectivity index (χ2n) is 4.46. The van der Waals surface area contributed by atoms with Crippen molar-refractivity contribution in [3.05, 3.63) is 42.2 Å². The van der Waals surface area contributed by atoms with Crippen LogP contribution in [0.15, 0.2) is 36.5 Å². The zero-order valence-corrected chi connectivity index (χ0v) is 11.5. The minimum absolute atomic E-state index is 0.191. The van der Waals surface area contributed by atoms with Crippen LogP contribution in [-0.2, 0) is 11.3 Å². The number of benzene rings is 1. The number of methoxy groups -OCH3 is 1. The van der Waals surface area contributed by atoms with Gasteiger partial charge in [0.25, 0.3) is 0 Å². The summed E-state index contributed by atoms with van der Waals surface area (Å²) in [5.41, 5.74) is 7.17. The van der Waals surface area contributed by atoms with Gasteiger partial charge in [-0.15, -0.1) is 0 Å². The van der Waals surface area contributed by atoms with Crippen LogP contribution in [0.5, 0.6) is 5.75 Å². The average Bonchev–Trinajstić information content (AvgIpc) is 2.93. The summed E-state index contributed by atoms with van der Waals surface area (Å²) in [6.07, 6.45) is 1.84. The first kappa shape index (κ1) is 14.1. The van der Waals surface area contributed by atoms with Crippen LogP contribution in [0.25, 0.3) is 5.69 Å². The lowest BCUT2D eigenvalue weighted by atomic mass is 10.3. The maximum absolute atomic E-state index is 11.4. The summed E-state index contributed by atoms with van der Waals surface area (Å²) in [7, 11) is 1.63. The Labute approximate surface area is 117 Å². The molecule has 20 heavy (non-hydrogen) atoms. The summed E-state index contributed by atoms with van der Waals surface area (Å²) in [6, 6.07) is 8.90. The molecule has 0 unspecified atom stereocenters. The minimum atomic E-state index is -0.515. The van der Waals surface area contributed by atoms with Gasteiger partial charge >= 0.3 is 0 Å². The molecule has 6 nitrogen and oxygen atoms in total. The van der Waals surface area contributed by atoms with Crippen LogP contribution < -0.4 is 15.8 Å². The largest absolute Gasteiger partial charge is 0.497 e. The van der Waals surface area contributed by atoms with Crippen LogP contribution in [0.4, 0.5) is 0 Å². The van der Waals surface area contributed by atoms with E-state index in [4.69, 9.17) is 10.5 Å². The van der Waals surface area contributed by atoms with Crippen molar-refractivity contribution < 1.29 is 9.53 Å². The Bertz CT molecular complexity index is 575. The fourth-order valence-electron chi connectivity index (χ4n) is 1.67. The van der Waals surface area contributed by atoms with Gasteiger partial charge in [-0.2, -0.15) is 5.10 Å². The van der Waals surface area contributed by atoms with Crippen LogP contribution in [0.3, 0.4) is 0 Å². The van der Waals surface area contributed by atoms with Crippen LogP contribution in [0.2, 0.25) is 0 Å². The number of rotatable bonds is 5. The maximum Gasteiger partial charge on any atom is 0.236 e. The third-order valence-electron chi connectivity index (χ3n) is 2.84. The van der Waals surface area contributed by atoms with E-state index in [2.05, 4.69) is 10.4 Å². The second kappa shape index (κ2) is 6.21. The summed E-state index contributed by atoms with van der Waals surface area (Å²) in [5.74, 6) is 0.606. The standard InChI is InChI=1S/C14H18N4O2/c1-10(15)14(19)16-9-11-7-8-18(17-11)12-3-5-13(20-2)6-4-12/h3-8,10H,9,15H2,1-2H3,(H,16,19)/t10-/m0/s1. The minimum Gasteiger partial charge on any atom is -0.497 e. The maximum atomic E-state index is 11.4. The number of nitrogens with two attached hydrogens (primary N) is 1. The SMILES string of the molecule is COc1ccc(-n2ccc(CNC(=O)[C@H](C)N)n2)cc1. The Morgan fingerprint density at radius 2 is 2.10 bits per heavy atom. The van der Waals surface area contributed by atoms with E-state index in [1.165, 1.54) is 0 Å². The van der Waals surface area contributed by atoms with Crippen molar-refractivity contribution >= 4 is 5.91 Å². The molecule has 0 spiro atoms. The monoisotopic (exact) mass is 274 g/mol. The van der Waals surface area contributed by atoms with Crippen molar-refractivity contribution in [1.82, 2.24) is 15.1 Å². The normalized spacial score (nSPS) is 11.9. The number of hydrogen-bond donors (Lipinski definition) is 2. The molecule has 6 heteroatoms. The number of carbonyl (C=O) groups excluding carboxylic acids is 1.